The number of likely N-dealkylation sites (tertiary alicyclic amines) is 1. The van der Waals surface area contributed by atoms with E-state index in [4.69, 9.17) is 9.72 Å². The number of benzene rings is 1. The summed E-state index contributed by atoms with van der Waals surface area (Å²) in [4.78, 5) is 7.81. The summed E-state index contributed by atoms with van der Waals surface area (Å²) >= 11 is 0. The average Bonchev–Trinajstić information content (AvgIpc) is 3.15. The molecule has 1 aromatic carbocycles. The third kappa shape index (κ3) is 4.15. The van der Waals surface area contributed by atoms with Crippen molar-refractivity contribution in [2.24, 2.45) is 11.8 Å². The van der Waals surface area contributed by atoms with Crippen LogP contribution in [0.25, 0.3) is 11.0 Å². The molecule has 1 aromatic heterocycles. The number of morpholine rings is 1. The first-order valence-electron chi connectivity index (χ1n) is 11.9. The molecular formula is C23H34N4O3S. The van der Waals surface area contributed by atoms with E-state index in [0.29, 0.717) is 31.2 Å². The van der Waals surface area contributed by atoms with E-state index in [9.17, 15) is 8.42 Å². The Bertz CT molecular complexity index is 1030. The van der Waals surface area contributed by atoms with Crippen molar-refractivity contribution in [3.8, 4) is 0 Å². The lowest BCUT2D eigenvalue weighted by Crippen LogP contribution is -2.41. The fraction of sp³-hybridized carbons (Fsp3) is 0.696. The number of hydrogen-bond acceptors (Lipinski definition) is 5. The van der Waals surface area contributed by atoms with Gasteiger partial charge in [-0.05, 0) is 56.3 Å². The minimum Gasteiger partial charge on any atom is -0.379 e. The number of nitrogens with zero attached hydrogens (tertiary/aromatic N) is 4. The van der Waals surface area contributed by atoms with Crippen molar-refractivity contribution in [2.75, 3.05) is 39.4 Å². The lowest BCUT2D eigenvalue weighted by molar-refractivity contribution is 0.0730. The Kier molecular flexibility index (Phi) is 6.07. The molecule has 31 heavy (non-hydrogen) atoms. The Hall–Kier alpha value is -1.48. The van der Waals surface area contributed by atoms with Gasteiger partial charge < -0.3 is 9.30 Å². The minimum atomic E-state index is -3.51. The van der Waals surface area contributed by atoms with Crippen LogP contribution in [-0.4, -0.2) is 66.6 Å². The first-order chi connectivity index (χ1) is 15.1. The molecule has 0 bridgehead atoms. The van der Waals surface area contributed by atoms with Crippen LogP contribution in [0.15, 0.2) is 23.1 Å². The zero-order valence-corrected chi connectivity index (χ0v) is 19.3. The Morgan fingerprint density at radius 1 is 1.06 bits per heavy atom. The summed E-state index contributed by atoms with van der Waals surface area (Å²) in [5, 5.41) is 0. The molecule has 3 aliphatic rings. The molecule has 7 nitrogen and oxygen atoms in total. The highest BCUT2D eigenvalue weighted by atomic mass is 32.2. The number of imidazole rings is 1. The van der Waals surface area contributed by atoms with E-state index in [-0.39, 0.29) is 0 Å². The Morgan fingerprint density at radius 3 is 2.61 bits per heavy atom. The Morgan fingerprint density at radius 2 is 1.84 bits per heavy atom. The van der Waals surface area contributed by atoms with Crippen molar-refractivity contribution in [3.63, 3.8) is 0 Å². The molecule has 1 aliphatic carbocycles. The van der Waals surface area contributed by atoms with E-state index < -0.39 is 10.0 Å². The van der Waals surface area contributed by atoms with Crippen LogP contribution in [-0.2, 0) is 27.8 Å². The molecule has 3 heterocycles. The molecule has 2 saturated heterocycles. The first-order valence-corrected chi connectivity index (χ1v) is 13.3. The van der Waals surface area contributed by atoms with E-state index in [1.165, 1.54) is 43.0 Å². The van der Waals surface area contributed by atoms with Crippen molar-refractivity contribution in [1.29, 1.82) is 0 Å². The molecule has 0 spiro atoms. The van der Waals surface area contributed by atoms with Crippen LogP contribution in [0.3, 0.4) is 0 Å². The summed E-state index contributed by atoms with van der Waals surface area (Å²) in [6.45, 7) is 7.85. The number of aromatic nitrogens is 2. The van der Waals surface area contributed by atoms with Crippen LogP contribution in [0.2, 0.25) is 0 Å². The largest absolute Gasteiger partial charge is 0.379 e. The summed E-state index contributed by atoms with van der Waals surface area (Å²) < 4.78 is 35.2. The van der Waals surface area contributed by atoms with Gasteiger partial charge in [0.1, 0.15) is 5.82 Å². The minimum absolute atomic E-state index is 0.331. The van der Waals surface area contributed by atoms with Gasteiger partial charge in [0.15, 0.2) is 0 Å². The fourth-order valence-electron chi connectivity index (χ4n) is 5.75. The van der Waals surface area contributed by atoms with E-state index >= 15 is 0 Å². The van der Waals surface area contributed by atoms with E-state index in [1.807, 2.05) is 6.07 Å². The van der Waals surface area contributed by atoms with Crippen molar-refractivity contribution >= 4 is 21.1 Å². The molecule has 2 aliphatic heterocycles. The van der Waals surface area contributed by atoms with Crippen molar-refractivity contribution in [1.82, 2.24) is 18.8 Å². The van der Waals surface area contributed by atoms with Crippen LogP contribution in [0, 0.1) is 11.8 Å². The highest BCUT2D eigenvalue weighted by molar-refractivity contribution is 7.89. The summed E-state index contributed by atoms with van der Waals surface area (Å²) in [5.74, 6) is 2.81. The average molecular weight is 447 g/mol. The van der Waals surface area contributed by atoms with Crippen LogP contribution in [0.5, 0.6) is 0 Å². The van der Waals surface area contributed by atoms with E-state index in [1.54, 1.807) is 12.1 Å². The lowest BCUT2D eigenvalue weighted by atomic mass is 9.75. The smallest absolute Gasteiger partial charge is 0.243 e. The van der Waals surface area contributed by atoms with Gasteiger partial charge in [-0.1, -0.05) is 19.3 Å². The molecule has 0 unspecified atom stereocenters. The third-order valence-electron chi connectivity index (χ3n) is 7.46. The molecule has 8 heteroatoms. The third-order valence-corrected chi connectivity index (χ3v) is 9.36. The van der Waals surface area contributed by atoms with E-state index in [0.717, 1.165) is 48.3 Å². The molecule has 2 atom stereocenters. The number of sulfonamides is 1. The standard InChI is InChI=1S/C23H34N4O3S/c1-2-27-22-8-7-20(31(28,29)26-11-13-30-14-12-26)15-21(22)24-23(27)17-25-10-9-18-5-3-4-6-19(18)16-25/h7-8,15,18-19H,2-6,9-14,16-17H2,1H3/t18-,19-/m1/s1. The molecule has 2 aromatic rings. The van der Waals surface area contributed by atoms with Crippen LogP contribution in [0.1, 0.15) is 44.9 Å². The molecule has 0 amide bonds. The van der Waals surface area contributed by atoms with E-state index in [2.05, 4.69) is 16.4 Å². The van der Waals surface area contributed by atoms with Gasteiger partial charge in [0.25, 0.3) is 0 Å². The van der Waals surface area contributed by atoms with Crippen molar-refractivity contribution in [3.05, 3.63) is 24.0 Å². The highest BCUT2D eigenvalue weighted by Gasteiger charge is 2.32. The van der Waals surface area contributed by atoms with Crippen molar-refractivity contribution in [2.45, 2.75) is 57.0 Å². The second-order valence-electron chi connectivity index (χ2n) is 9.27. The quantitative estimate of drug-likeness (QED) is 0.706. The number of rotatable bonds is 5. The van der Waals surface area contributed by atoms with Gasteiger partial charge in [-0.15, -0.1) is 0 Å². The number of fused-ring (bicyclic) bond motifs is 2. The fourth-order valence-corrected chi connectivity index (χ4v) is 7.18. The zero-order valence-electron chi connectivity index (χ0n) is 18.5. The van der Waals surface area contributed by atoms with Crippen molar-refractivity contribution < 1.29 is 13.2 Å². The maximum atomic E-state index is 13.1. The van der Waals surface area contributed by atoms with Crippen LogP contribution < -0.4 is 0 Å². The highest BCUT2D eigenvalue weighted by Crippen LogP contribution is 2.36. The predicted octanol–water partition coefficient (Wildman–Crippen LogP) is 3.09. The van der Waals surface area contributed by atoms with Gasteiger partial charge in [-0.25, -0.2) is 13.4 Å². The molecule has 0 N–H and O–H groups in total. The van der Waals surface area contributed by atoms with Gasteiger partial charge in [0.2, 0.25) is 10.0 Å². The summed E-state index contributed by atoms with van der Waals surface area (Å²) in [6, 6.07) is 5.41. The number of ether oxygens (including phenoxy) is 1. The summed E-state index contributed by atoms with van der Waals surface area (Å²) in [7, 11) is -3.51. The van der Waals surface area contributed by atoms with Crippen LogP contribution >= 0.6 is 0 Å². The van der Waals surface area contributed by atoms with Gasteiger partial charge in [0, 0.05) is 26.2 Å². The maximum Gasteiger partial charge on any atom is 0.243 e. The second-order valence-corrected chi connectivity index (χ2v) is 11.2. The molecule has 5 rings (SSSR count). The lowest BCUT2D eigenvalue weighted by Gasteiger charge is -2.41. The molecular weight excluding hydrogens is 412 g/mol. The first kappa shape index (κ1) is 21.4. The SMILES string of the molecule is CCn1c(CN2CC[C@H]3CCCC[C@@H]3C2)nc2cc(S(=O)(=O)N3CCOCC3)ccc21. The van der Waals surface area contributed by atoms with Gasteiger partial charge >= 0.3 is 0 Å². The Balaban J connectivity index is 1.39. The Labute approximate surface area is 185 Å². The van der Waals surface area contributed by atoms with Gasteiger partial charge in [-0.2, -0.15) is 4.31 Å². The normalized spacial score (nSPS) is 26.2. The zero-order chi connectivity index (χ0) is 21.4. The van der Waals surface area contributed by atoms with Gasteiger partial charge in [-0.3, -0.25) is 4.90 Å². The molecule has 3 fully saturated rings. The summed E-state index contributed by atoms with van der Waals surface area (Å²) in [6.07, 6.45) is 6.87. The molecule has 170 valence electrons. The molecule has 0 radical (unpaired) electrons. The number of hydrogen-bond donors (Lipinski definition) is 0. The second kappa shape index (κ2) is 8.81. The molecule has 1 saturated carbocycles. The topological polar surface area (TPSA) is 67.7 Å². The number of aryl methyl sites for hydroxylation is 1. The monoisotopic (exact) mass is 446 g/mol. The number of piperidine rings is 1. The van der Waals surface area contributed by atoms with Crippen LogP contribution in [0.4, 0.5) is 0 Å². The predicted molar refractivity (Wildman–Crippen MR) is 120 cm³/mol. The van der Waals surface area contributed by atoms with Gasteiger partial charge in [0.05, 0.1) is 35.7 Å². The summed E-state index contributed by atoms with van der Waals surface area (Å²) in [5.41, 5.74) is 1.80. The maximum absolute atomic E-state index is 13.1.